The zero-order valence-electron chi connectivity index (χ0n) is 11.7. The smallest absolute Gasteiger partial charge is 0.264 e. The number of ether oxygens (including phenoxy) is 1. The first kappa shape index (κ1) is 14.3. The fourth-order valence-corrected chi connectivity index (χ4v) is 3.91. The van der Waals surface area contributed by atoms with Gasteiger partial charge in [0.15, 0.2) is 6.61 Å². The summed E-state index contributed by atoms with van der Waals surface area (Å²) in [4.78, 5) is 13.3. The van der Waals surface area contributed by atoms with E-state index in [-0.39, 0.29) is 17.4 Å². The second-order valence-electron chi connectivity index (χ2n) is 5.03. The van der Waals surface area contributed by atoms with Gasteiger partial charge in [0.05, 0.1) is 10.6 Å². The highest BCUT2D eigenvalue weighted by atomic mass is 32.2. The van der Waals surface area contributed by atoms with Crippen LogP contribution in [0, 0.1) is 0 Å². The Labute approximate surface area is 123 Å². The quantitative estimate of drug-likeness (QED) is 0.807. The molecule has 0 saturated carbocycles. The molecule has 0 bridgehead atoms. The number of nitrogens with one attached hydrogen (secondary N) is 1. The zero-order valence-corrected chi connectivity index (χ0v) is 12.5. The van der Waals surface area contributed by atoms with E-state index < -0.39 is 10.0 Å². The van der Waals surface area contributed by atoms with E-state index in [9.17, 15) is 13.2 Å². The van der Waals surface area contributed by atoms with E-state index >= 15 is 0 Å². The molecule has 1 fully saturated rings. The van der Waals surface area contributed by atoms with E-state index in [0.717, 1.165) is 0 Å². The largest absolute Gasteiger partial charge is 0.482 e. The number of carbonyl (C=O) groups excluding carboxylic acids is 1. The van der Waals surface area contributed by atoms with Gasteiger partial charge in [-0.2, -0.15) is 4.31 Å². The zero-order chi connectivity index (χ0) is 15.0. The fourth-order valence-electron chi connectivity index (χ4n) is 2.45. The van der Waals surface area contributed by atoms with Crippen LogP contribution in [0.3, 0.4) is 0 Å². The Hall–Kier alpha value is -1.64. The van der Waals surface area contributed by atoms with Gasteiger partial charge < -0.3 is 15.0 Å². The highest BCUT2D eigenvalue weighted by Crippen LogP contribution is 2.34. The lowest BCUT2D eigenvalue weighted by Gasteiger charge is -2.29. The molecule has 8 heteroatoms. The van der Waals surface area contributed by atoms with Gasteiger partial charge >= 0.3 is 0 Å². The summed E-state index contributed by atoms with van der Waals surface area (Å²) in [6.45, 7) is 2.17. The van der Waals surface area contributed by atoms with Crippen LogP contribution < -0.4 is 15.0 Å². The van der Waals surface area contributed by atoms with Crippen LogP contribution in [0.15, 0.2) is 23.1 Å². The lowest BCUT2D eigenvalue weighted by atomic mass is 10.2. The number of hydrogen-bond donors (Lipinski definition) is 1. The highest BCUT2D eigenvalue weighted by Gasteiger charge is 2.29. The van der Waals surface area contributed by atoms with Gasteiger partial charge in [0.1, 0.15) is 5.75 Å². The van der Waals surface area contributed by atoms with Crippen molar-refractivity contribution in [3.63, 3.8) is 0 Å². The summed E-state index contributed by atoms with van der Waals surface area (Å²) < 4.78 is 32.0. The maximum absolute atomic E-state index is 12.6. The molecule has 0 atom stereocenters. The molecular weight excluding hydrogens is 294 g/mol. The summed E-state index contributed by atoms with van der Waals surface area (Å²) in [5.41, 5.74) is 0.488. The van der Waals surface area contributed by atoms with Gasteiger partial charge in [-0.1, -0.05) is 0 Å². The molecule has 0 aromatic heterocycles. The summed E-state index contributed by atoms with van der Waals surface area (Å²) in [5, 5.41) is 3.12. The average molecular weight is 311 g/mol. The van der Waals surface area contributed by atoms with E-state index in [0.29, 0.717) is 37.6 Å². The first-order valence-corrected chi connectivity index (χ1v) is 8.18. The van der Waals surface area contributed by atoms with Crippen LogP contribution in [0.5, 0.6) is 5.75 Å². The van der Waals surface area contributed by atoms with Crippen LogP contribution in [0.1, 0.15) is 0 Å². The van der Waals surface area contributed by atoms with Crippen LogP contribution in [-0.2, 0) is 14.8 Å². The first-order valence-electron chi connectivity index (χ1n) is 6.74. The Bertz CT molecular complexity index is 668. The first-order chi connectivity index (χ1) is 10.00. The van der Waals surface area contributed by atoms with Gasteiger partial charge in [0.25, 0.3) is 5.91 Å². The molecule has 7 nitrogen and oxygen atoms in total. The number of carbonyl (C=O) groups is 1. The minimum Gasteiger partial charge on any atom is -0.482 e. The Kier molecular flexibility index (Phi) is 3.60. The number of anilines is 1. The molecule has 1 N–H and O–H groups in total. The molecule has 21 heavy (non-hydrogen) atoms. The molecule has 1 saturated heterocycles. The van der Waals surface area contributed by atoms with Gasteiger partial charge in [-0.25, -0.2) is 8.42 Å². The SMILES string of the molecule is CN1C(=O)COc2ccc(S(=O)(=O)N3CCNCC3)cc21. The van der Waals surface area contributed by atoms with Crippen LogP contribution in [0.2, 0.25) is 0 Å². The van der Waals surface area contributed by atoms with Crippen molar-refractivity contribution in [2.75, 3.05) is 44.7 Å². The van der Waals surface area contributed by atoms with Crippen molar-refractivity contribution >= 4 is 21.6 Å². The average Bonchev–Trinajstić information content (AvgIpc) is 2.51. The second kappa shape index (κ2) is 5.28. The van der Waals surface area contributed by atoms with Crippen molar-refractivity contribution in [3.8, 4) is 5.75 Å². The topological polar surface area (TPSA) is 79.0 Å². The Morgan fingerprint density at radius 3 is 2.67 bits per heavy atom. The molecular formula is C13H17N3O4S. The summed E-state index contributed by atoms with van der Waals surface area (Å²) in [6, 6.07) is 4.64. The number of fused-ring (bicyclic) bond motifs is 1. The molecule has 0 radical (unpaired) electrons. The highest BCUT2D eigenvalue weighted by molar-refractivity contribution is 7.89. The molecule has 114 valence electrons. The minimum atomic E-state index is -3.54. The van der Waals surface area contributed by atoms with Gasteiger partial charge in [0, 0.05) is 33.2 Å². The van der Waals surface area contributed by atoms with Crippen molar-refractivity contribution in [2.24, 2.45) is 0 Å². The number of hydrogen-bond acceptors (Lipinski definition) is 5. The third-order valence-electron chi connectivity index (χ3n) is 3.73. The third-order valence-corrected chi connectivity index (χ3v) is 5.63. The minimum absolute atomic E-state index is 0.0204. The molecule has 1 aromatic rings. The van der Waals surface area contributed by atoms with Gasteiger partial charge in [-0.3, -0.25) is 4.79 Å². The van der Waals surface area contributed by atoms with E-state index in [1.807, 2.05) is 0 Å². The molecule has 0 spiro atoms. The molecule has 0 aliphatic carbocycles. The number of benzene rings is 1. The van der Waals surface area contributed by atoms with Gasteiger partial charge in [-0.15, -0.1) is 0 Å². The van der Waals surface area contributed by atoms with E-state index in [4.69, 9.17) is 4.74 Å². The summed E-state index contributed by atoms with van der Waals surface area (Å²) >= 11 is 0. The second-order valence-corrected chi connectivity index (χ2v) is 6.96. The number of sulfonamides is 1. The third kappa shape index (κ3) is 2.50. The predicted octanol–water partition coefficient (Wildman–Crippen LogP) is -0.364. The maximum Gasteiger partial charge on any atom is 0.264 e. The van der Waals surface area contributed by atoms with Crippen molar-refractivity contribution in [3.05, 3.63) is 18.2 Å². The summed E-state index contributed by atoms with van der Waals surface area (Å²) in [5.74, 6) is 0.329. The Morgan fingerprint density at radius 1 is 1.24 bits per heavy atom. The standard InChI is InChI=1S/C13H17N3O4S/c1-15-11-8-10(2-3-12(11)20-9-13(15)17)21(18,19)16-6-4-14-5-7-16/h2-3,8,14H,4-7,9H2,1H3. The van der Waals surface area contributed by atoms with E-state index in [2.05, 4.69) is 5.32 Å². The molecule has 2 aliphatic rings. The number of piperazine rings is 1. The lowest BCUT2D eigenvalue weighted by molar-refractivity contribution is -0.120. The van der Waals surface area contributed by atoms with Crippen LogP contribution in [-0.4, -0.2) is 58.5 Å². The molecule has 2 aliphatic heterocycles. The van der Waals surface area contributed by atoms with E-state index in [1.54, 1.807) is 13.1 Å². The van der Waals surface area contributed by atoms with Crippen molar-refractivity contribution in [1.29, 1.82) is 0 Å². The van der Waals surface area contributed by atoms with Crippen molar-refractivity contribution < 1.29 is 17.9 Å². The van der Waals surface area contributed by atoms with Gasteiger partial charge in [-0.05, 0) is 18.2 Å². The molecule has 3 rings (SSSR count). The molecule has 0 unspecified atom stereocenters. The van der Waals surface area contributed by atoms with Crippen molar-refractivity contribution in [2.45, 2.75) is 4.90 Å². The molecule has 2 heterocycles. The number of rotatable bonds is 2. The van der Waals surface area contributed by atoms with Crippen LogP contribution in [0.25, 0.3) is 0 Å². The monoisotopic (exact) mass is 311 g/mol. The number of amides is 1. The summed E-state index contributed by atoms with van der Waals surface area (Å²) in [6.07, 6.45) is 0. The summed E-state index contributed by atoms with van der Waals surface area (Å²) in [7, 11) is -1.92. The maximum atomic E-state index is 12.6. The van der Waals surface area contributed by atoms with Gasteiger partial charge in [0.2, 0.25) is 10.0 Å². The molecule has 1 amide bonds. The predicted molar refractivity (Wildman–Crippen MR) is 77.0 cm³/mol. The fraction of sp³-hybridized carbons (Fsp3) is 0.462. The molecule has 1 aromatic carbocycles. The van der Waals surface area contributed by atoms with Crippen molar-refractivity contribution in [1.82, 2.24) is 9.62 Å². The van der Waals surface area contributed by atoms with Crippen LogP contribution in [0.4, 0.5) is 5.69 Å². The number of likely N-dealkylation sites (N-methyl/N-ethyl adjacent to an activating group) is 1. The lowest BCUT2D eigenvalue weighted by Crippen LogP contribution is -2.46. The Balaban J connectivity index is 1.98. The van der Waals surface area contributed by atoms with E-state index in [1.165, 1.54) is 21.3 Å². The van der Waals surface area contributed by atoms with Crippen LogP contribution >= 0.6 is 0 Å². The normalized spacial score (nSPS) is 20.0. The number of nitrogens with zero attached hydrogens (tertiary/aromatic N) is 2. The Morgan fingerprint density at radius 2 is 1.95 bits per heavy atom.